The first-order valence-corrected chi connectivity index (χ1v) is 11.0. The molecule has 0 amide bonds. The summed E-state index contributed by atoms with van der Waals surface area (Å²) in [4.78, 5) is 11.0. The molecule has 3 heterocycles. The molecule has 1 aliphatic heterocycles. The quantitative estimate of drug-likeness (QED) is 0.499. The number of benzene rings is 1. The lowest BCUT2D eigenvalue weighted by Crippen LogP contribution is -2.43. The zero-order valence-electron chi connectivity index (χ0n) is 18.8. The standard InChI is InChI=1S/C26H25F3N4O/c1-33-11-8-25(9-12-33,21-3-2-10-31-16-21)18-34-17-23-13-22(26(27,28)29)14-24(32-23)20-6-4-19(15-30)5-7-20/h2-7,10,13-14,16H,8-9,11-12,17-18H2,1H3. The SMILES string of the molecule is CN1CCC(COCc2cc(C(F)(F)F)cc(-c3ccc(C#N)cc3)n2)(c2cccnc2)CC1. The van der Waals surface area contributed by atoms with E-state index in [9.17, 15) is 13.2 Å². The molecule has 0 unspecified atom stereocenters. The maximum absolute atomic E-state index is 13.6. The summed E-state index contributed by atoms with van der Waals surface area (Å²) in [5.41, 5.74) is 1.41. The highest BCUT2D eigenvalue weighted by molar-refractivity contribution is 5.61. The molecule has 5 nitrogen and oxygen atoms in total. The molecule has 0 bridgehead atoms. The summed E-state index contributed by atoms with van der Waals surface area (Å²) in [6.07, 6.45) is 0.817. The minimum absolute atomic E-state index is 0.0367. The van der Waals surface area contributed by atoms with Gasteiger partial charge in [-0.1, -0.05) is 18.2 Å². The van der Waals surface area contributed by atoms with Gasteiger partial charge in [-0.2, -0.15) is 18.4 Å². The molecule has 0 aliphatic carbocycles. The average Bonchev–Trinajstić information content (AvgIpc) is 2.85. The number of piperidine rings is 1. The fourth-order valence-corrected chi connectivity index (χ4v) is 4.28. The Hall–Kier alpha value is -3.28. The lowest BCUT2D eigenvalue weighted by Gasteiger charge is -2.40. The monoisotopic (exact) mass is 466 g/mol. The van der Waals surface area contributed by atoms with Gasteiger partial charge in [0.2, 0.25) is 0 Å². The summed E-state index contributed by atoms with van der Waals surface area (Å²) in [5.74, 6) is 0. The molecule has 1 saturated heterocycles. The van der Waals surface area contributed by atoms with Gasteiger partial charge in [0.15, 0.2) is 0 Å². The highest BCUT2D eigenvalue weighted by Gasteiger charge is 2.36. The van der Waals surface area contributed by atoms with Gasteiger partial charge in [-0.25, -0.2) is 0 Å². The third kappa shape index (κ3) is 5.44. The van der Waals surface area contributed by atoms with Crippen LogP contribution in [-0.2, 0) is 22.9 Å². The van der Waals surface area contributed by atoms with Crippen LogP contribution >= 0.6 is 0 Å². The molecule has 4 rings (SSSR count). The molecule has 34 heavy (non-hydrogen) atoms. The van der Waals surface area contributed by atoms with Crippen molar-refractivity contribution in [2.24, 2.45) is 0 Å². The van der Waals surface area contributed by atoms with E-state index >= 15 is 0 Å². The zero-order chi connectivity index (χ0) is 24.2. The molecule has 0 atom stereocenters. The average molecular weight is 467 g/mol. The van der Waals surface area contributed by atoms with Gasteiger partial charge in [-0.3, -0.25) is 9.97 Å². The van der Waals surface area contributed by atoms with E-state index in [1.165, 1.54) is 0 Å². The van der Waals surface area contributed by atoms with Crippen LogP contribution in [0.15, 0.2) is 60.9 Å². The van der Waals surface area contributed by atoms with Crippen LogP contribution in [0.3, 0.4) is 0 Å². The number of aromatic nitrogens is 2. The number of ether oxygens (including phenoxy) is 1. The minimum atomic E-state index is -4.51. The first-order chi connectivity index (χ1) is 16.3. The van der Waals surface area contributed by atoms with Crippen molar-refractivity contribution in [3.8, 4) is 17.3 Å². The first kappa shape index (κ1) is 23.9. The van der Waals surface area contributed by atoms with E-state index in [2.05, 4.69) is 21.9 Å². The van der Waals surface area contributed by atoms with E-state index in [-0.39, 0.29) is 23.4 Å². The number of pyridine rings is 2. The van der Waals surface area contributed by atoms with Crippen LogP contribution in [0.25, 0.3) is 11.3 Å². The minimum Gasteiger partial charge on any atom is -0.374 e. The number of rotatable bonds is 6. The molecule has 176 valence electrons. The van der Waals surface area contributed by atoms with E-state index in [4.69, 9.17) is 10.00 Å². The number of alkyl halides is 3. The fourth-order valence-electron chi connectivity index (χ4n) is 4.28. The van der Waals surface area contributed by atoms with Crippen molar-refractivity contribution in [2.45, 2.75) is 31.0 Å². The Morgan fingerprint density at radius 1 is 1.12 bits per heavy atom. The van der Waals surface area contributed by atoms with Gasteiger partial charge in [0, 0.05) is 23.4 Å². The fraction of sp³-hybridized carbons (Fsp3) is 0.346. The normalized spacial score (nSPS) is 16.2. The third-order valence-corrected chi connectivity index (χ3v) is 6.36. The molecule has 0 saturated carbocycles. The van der Waals surface area contributed by atoms with Gasteiger partial charge in [0.25, 0.3) is 0 Å². The van der Waals surface area contributed by atoms with Crippen molar-refractivity contribution in [2.75, 3.05) is 26.7 Å². The highest BCUT2D eigenvalue weighted by atomic mass is 19.4. The van der Waals surface area contributed by atoms with Gasteiger partial charge in [0.05, 0.1) is 41.8 Å². The van der Waals surface area contributed by atoms with Crippen molar-refractivity contribution in [1.29, 1.82) is 5.26 Å². The second-order valence-corrected chi connectivity index (χ2v) is 8.74. The Labute approximate surface area is 196 Å². The Morgan fingerprint density at radius 2 is 1.85 bits per heavy atom. The number of hydrogen-bond donors (Lipinski definition) is 0. The Bertz CT molecular complexity index is 1150. The van der Waals surface area contributed by atoms with Crippen molar-refractivity contribution in [3.63, 3.8) is 0 Å². The second kappa shape index (κ2) is 9.92. The molecule has 1 fully saturated rings. The number of nitrogens with zero attached hydrogens (tertiary/aromatic N) is 4. The maximum atomic E-state index is 13.6. The van der Waals surface area contributed by atoms with E-state index in [0.29, 0.717) is 17.7 Å². The Kier molecular flexibility index (Phi) is 6.96. The zero-order valence-corrected chi connectivity index (χ0v) is 18.8. The van der Waals surface area contributed by atoms with Crippen LogP contribution in [0.1, 0.15) is 35.2 Å². The molecule has 1 aliphatic rings. The molecule has 0 spiro atoms. The predicted molar refractivity (Wildman–Crippen MR) is 122 cm³/mol. The van der Waals surface area contributed by atoms with Gasteiger partial charge in [-0.15, -0.1) is 0 Å². The number of likely N-dealkylation sites (tertiary alicyclic amines) is 1. The van der Waals surface area contributed by atoms with Crippen LogP contribution in [0.2, 0.25) is 0 Å². The summed E-state index contributed by atoms with van der Waals surface area (Å²) < 4.78 is 46.8. The predicted octanol–water partition coefficient (Wildman–Crippen LogP) is 5.21. The van der Waals surface area contributed by atoms with Gasteiger partial charge >= 0.3 is 6.18 Å². The van der Waals surface area contributed by atoms with Crippen molar-refractivity contribution < 1.29 is 17.9 Å². The number of nitriles is 1. The Morgan fingerprint density at radius 3 is 2.47 bits per heavy atom. The van der Waals surface area contributed by atoms with Crippen LogP contribution in [0.5, 0.6) is 0 Å². The maximum Gasteiger partial charge on any atom is 0.416 e. The molecule has 3 aromatic rings. The van der Waals surface area contributed by atoms with Crippen molar-refractivity contribution in [1.82, 2.24) is 14.9 Å². The van der Waals surface area contributed by atoms with E-state index in [1.807, 2.05) is 24.4 Å². The van der Waals surface area contributed by atoms with E-state index < -0.39 is 11.7 Å². The molecule has 0 radical (unpaired) electrons. The van der Waals surface area contributed by atoms with Gasteiger partial charge in [-0.05, 0) is 68.9 Å². The molecule has 0 N–H and O–H groups in total. The van der Waals surface area contributed by atoms with Crippen molar-refractivity contribution in [3.05, 3.63) is 83.3 Å². The summed E-state index contributed by atoms with van der Waals surface area (Å²) >= 11 is 0. The summed E-state index contributed by atoms with van der Waals surface area (Å²) in [6, 6.07) is 14.3. The second-order valence-electron chi connectivity index (χ2n) is 8.74. The molecule has 8 heteroatoms. The summed E-state index contributed by atoms with van der Waals surface area (Å²) in [5, 5.41) is 8.98. The summed E-state index contributed by atoms with van der Waals surface area (Å²) in [6.45, 7) is 2.15. The molecular formula is C26H25F3N4O. The Balaban J connectivity index is 1.57. The topological polar surface area (TPSA) is 62.0 Å². The number of halogens is 3. The van der Waals surface area contributed by atoms with Crippen LogP contribution in [-0.4, -0.2) is 41.6 Å². The molecule has 2 aromatic heterocycles. The lowest BCUT2D eigenvalue weighted by atomic mass is 9.74. The third-order valence-electron chi connectivity index (χ3n) is 6.36. The van der Waals surface area contributed by atoms with Gasteiger partial charge < -0.3 is 9.64 Å². The van der Waals surface area contributed by atoms with Crippen molar-refractivity contribution >= 4 is 0 Å². The van der Waals surface area contributed by atoms with E-state index in [1.54, 1.807) is 30.5 Å². The van der Waals surface area contributed by atoms with Gasteiger partial charge in [0.1, 0.15) is 0 Å². The van der Waals surface area contributed by atoms with Crippen LogP contribution in [0.4, 0.5) is 13.2 Å². The van der Waals surface area contributed by atoms with E-state index in [0.717, 1.165) is 43.6 Å². The number of hydrogen-bond acceptors (Lipinski definition) is 5. The highest BCUT2D eigenvalue weighted by Crippen LogP contribution is 2.36. The smallest absolute Gasteiger partial charge is 0.374 e. The largest absolute Gasteiger partial charge is 0.416 e. The molecular weight excluding hydrogens is 441 g/mol. The molecule has 1 aromatic carbocycles. The lowest BCUT2D eigenvalue weighted by molar-refractivity contribution is -0.137. The summed E-state index contributed by atoms with van der Waals surface area (Å²) in [7, 11) is 2.07. The first-order valence-electron chi connectivity index (χ1n) is 11.0. The van der Waals surface area contributed by atoms with Crippen LogP contribution in [0, 0.1) is 11.3 Å². The van der Waals surface area contributed by atoms with Crippen LogP contribution < -0.4 is 0 Å².